The van der Waals surface area contributed by atoms with E-state index in [1.807, 2.05) is 54.6 Å². The lowest BCUT2D eigenvalue weighted by molar-refractivity contribution is -0.119. The number of nitrogens with zero attached hydrogens (tertiary/aromatic N) is 4. The maximum Gasteiger partial charge on any atom is 0.271 e. The molecule has 1 atom stereocenters. The maximum absolute atomic E-state index is 12.7. The second-order valence-corrected chi connectivity index (χ2v) is 7.64. The van der Waals surface area contributed by atoms with Gasteiger partial charge in [0.1, 0.15) is 11.8 Å². The van der Waals surface area contributed by atoms with Gasteiger partial charge in [-0.3, -0.25) is 14.6 Å². The van der Waals surface area contributed by atoms with Crippen LogP contribution in [0.1, 0.15) is 6.42 Å². The van der Waals surface area contributed by atoms with Crippen molar-refractivity contribution in [2.45, 2.75) is 12.5 Å². The molecule has 3 N–H and O–H groups in total. The van der Waals surface area contributed by atoms with Gasteiger partial charge >= 0.3 is 0 Å². The van der Waals surface area contributed by atoms with Crippen molar-refractivity contribution in [3.63, 3.8) is 0 Å². The number of nitrogens with one attached hydrogen (secondary N) is 1. The standard InChI is InChI=1S/C22H26N6O2/c1-26-11-13-27(14-12-26)17-9-7-16(8-10-17)24-22(30)19-15-20(21(23)29)28(25-19)18-5-3-2-4-6-18/h2-10,20H,11-15H2,1H3,(H2,23,29)(H,24,30). The van der Waals surface area contributed by atoms with Crippen molar-refractivity contribution in [3.05, 3.63) is 54.6 Å². The zero-order chi connectivity index (χ0) is 21.1. The highest BCUT2D eigenvalue weighted by Gasteiger charge is 2.34. The van der Waals surface area contributed by atoms with Crippen molar-refractivity contribution in [3.8, 4) is 0 Å². The molecule has 1 saturated heterocycles. The fourth-order valence-corrected chi connectivity index (χ4v) is 3.71. The lowest BCUT2D eigenvalue weighted by atomic mass is 10.1. The summed E-state index contributed by atoms with van der Waals surface area (Å²) >= 11 is 0. The van der Waals surface area contributed by atoms with E-state index in [0.29, 0.717) is 5.69 Å². The summed E-state index contributed by atoms with van der Waals surface area (Å²) in [7, 11) is 2.13. The summed E-state index contributed by atoms with van der Waals surface area (Å²) in [5.74, 6) is -0.839. The largest absolute Gasteiger partial charge is 0.369 e. The summed E-state index contributed by atoms with van der Waals surface area (Å²) in [5.41, 5.74) is 8.38. The Morgan fingerprint density at radius 3 is 2.27 bits per heavy atom. The number of para-hydroxylation sites is 1. The number of hydrazone groups is 1. The predicted molar refractivity (Wildman–Crippen MR) is 119 cm³/mol. The Hall–Kier alpha value is -3.39. The van der Waals surface area contributed by atoms with Crippen LogP contribution in [-0.2, 0) is 9.59 Å². The van der Waals surface area contributed by atoms with Crippen molar-refractivity contribution < 1.29 is 9.59 Å². The molecule has 2 amide bonds. The van der Waals surface area contributed by atoms with Crippen LogP contribution in [0.4, 0.5) is 17.1 Å². The number of likely N-dealkylation sites (N-methyl/N-ethyl adjacent to an activating group) is 1. The summed E-state index contributed by atoms with van der Waals surface area (Å²) in [6.45, 7) is 4.06. The molecule has 0 bridgehead atoms. The number of piperazine rings is 1. The Morgan fingerprint density at radius 2 is 1.63 bits per heavy atom. The van der Waals surface area contributed by atoms with E-state index in [1.54, 1.807) is 0 Å². The smallest absolute Gasteiger partial charge is 0.271 e. The SMILES string of the molecule is CN1CCN(c2ccc(NC(=O)C3=NN(c4ccccc4)C(C(N)=O)C3)cc2)CC1. The molecule has 30 heavy (non-hydrogen) atoms. The van der Waals surface area contributed by atoms with Crippen LogP contribution in [0.2, 0.25) is 0 Å². The molecule has 8 nitrogen and oxygen atoms in total. The fourth-order valence-electron chi connectivity index (χ4n) is 3.71. The third kappa shape index (κ3) is 4.28. The van der Waals surface area contributed by atoms with E-state index < -0.39 is 11.9 Å². The minimum Gasteiger partial charge on any atom is -0.369 e. The molecule has 2 aliphatic heterocycles. The van der Waals surface area contributed by atoms with Gasteiger partial charge in [-0.05, 0) is 43.4 Å². The first-order valence-electron chi connectivity index (χ1n) is 10.1. The number of benzene rings is 2. The zero-order valence-electron chi connectivity index (χ0n) is 17.0. The molecule has 2 aromatic rings. The van der Waals surface area contributed by atoms with Gasteiger partial charge in [0.15, 0.2) is 0 Å². The monoisotopic (exact) mass is 406 g/mol. The highest BCUT2D eigenvalue weighted by Crippen LogP contribution is 2.25. The van der Waals surface area contributed by atoms with Crippen LogP contribution in [0.25, 0.3) is 0 Å². The van der Waals surface area contributed by atoms with Crippen LogP contribution < -0.4 is 21.0 Å². The topological polar surface area (TPSA) is 94.3 Å². The molecule has 4 rings (SSSR count). The molecule has 156 valence electrons. The molecule has 1 unspecified atom stereocenters. The van der Waals surface area contributed by atoms with Gasteiger partial charge in [-0.1, -0.05) is 18.2 Å². The molecule has 1 fully saturated rings. The number of amides is 2. The van der Waals surface area contributed by atoms with E-state index >= 15 is 0 Å². The Labute approximate surface area is 175 Å². The Bertz CT molecular complexity index is 936. The van der Waals surface area contributed by atoms with Crippen molar-refractivity contribution in [2.75, 3.05) is 48.5 Å². The Morgan fingerprint density at radius 1 is 0.967 bits per heavy atom. The van der Waals surface area contributed by atoms with Crippen LogP contribution in [0.5, 0.6) is 0 Å². The van der Waals surface area contributed by atoms with Gasteiger partial charge in [-0.15, -0.1) is 0 Å². The van der Waals surface area contributed by atoms with E-state index in [9.17, 15) is 9.59 Å². The first-order valence-corrected chi connectivity index (χ1v) is 10.1. The molecule has 8 heteroatoms. The summed E-state index contributed by atoms with van der Waals surface area (Å²) < 4.78 is 0. The molecule has 2 heterocycles. The van der Waals surface area contributed by atoms with Crippen LogP contribution >= 0.6 is 0 Å². The normalized spacial score (nSPS) is 19.5. The van der Waals surface area contributed by atoms with Crippen molar-refractivity contribution in [1.29, 1.82) is 0 Å². The van der Waals surface area contributed by atoms with Gasteiger partial charge in [0.05, 0.1) is 5.69 Å². The van der Waals surface area contributed by atoms with Gasteiger partial charge in [0.2, 0.25) is 5.91 Å². The van der Waals surface area contributed by atoms with Gasteiger partial charge in [-0.2, -0.15) is 5.10 Å². The molecule has 0 saturated carbocycles. The summed E-state index contributed by atoms with van der Waals surface area (Å²) in [5, 5.41) is 8.78. The highest BCUT2D eigenvalue weighted by atomic mass is 16.2. The van der Waals surface area contributed by atoms with Gasteiger partial charge < -0.3 is 20.9 Å². The number of hydrogen-bond donors (Lipinski definition) is 2. The summed E-state index contributed by atoms with van der Waals surface area (Å²) in [4.78, 5) is 29.3. The predicted octanol–water partition coefficient (Wildman–Crippen LogP) is 1.50. The van der Waals surface area contributed by atoms with E-state index in [4.69, 9.17) is 5.73 Å². The second-order valence-electron chi connectivity index (χ2n) is 7.64. The summed E-state index contributed by atoms with van der Waals surface area (Å²) in [6, 6.07) is 16.4. The fraction of sp³-hybridized carbons (Fsp3) is 0.318. The quantitative estimate of drug-likeness (QED) is 0.785. The number of anilines is 3. The zero-order valence-corrected chi connectivity index (χ0v) is 17.0. The third-order valence-electron chi connectivity index (χ3n) is 5.52. The highest BCUT2D eigenvalue weighted by molar-refractivity contribution is 6.44. The molecule has 0 aromatic heterocycles. The van der Waals surface area contributed by atoms with Crippen LogP contribution in [-0.4, -0.2) is 61.7 Å². The first-order chi connectivity index (χ1) is 14.5. The minimum atomic E-state index is -0.673. The number of carbonyl (C=O) groups is 2. The number of hydrogen-bond acceptors (Lipinski definition) is 6. The summed E-state index contributed by atoms with van der Waals surface area (Å²) in [6.07, 6.45) is 0.176. The van der Waals surface area contributed by atoms with Gasteiger partial charge in [0.25, 0.3) is 5.91 Å². The number of primary amides is 1. The number of rotatable bonds is 5. The molecule has 2 aromatic carbocycles. The van der Waals surface area contributed by atoms with E-state index in [2.05, 4.69) is 27.3 Å². The van der Waals surface area contributed by atoms with Gasteiger partial charge in [-0.25, -0.2) is 0 Å². The minimum absolute atomic E-state index is 0.176. The van der Waals surface area contributed by atoms with Gasteiger partial charge in [0, 0.05) is 44.0 Å². The third-order valence-corrected chi connectivity index (χ3v) is 5.52. The first kappa shape index (κ1) is 19.9. The molecular formula is C22H26N6O2. The van der Waals surface area contributed by atoms with E-state index in [-0.39, 0.29) is 18.0 Å². The van der Waals surface area contributed by atoms with Crippen molar-refractivity contribution in [2.24, 2.45) is 10.8 Å². The average Bonchev–Trinajstić information content (AvgIpc) is 3.22. The van der Waals surface area contributed by atoms with Crippen molar-refractivity contribution >= 4 is 34.6 Å². The number of nitrogens with two attached hydrogens (primary N) is 1. The van der Waals surface area contributed by atoms with Crippen LogP contribution in [0, 0.1) is 0 Å². The lowest BCUT2D eigenvalue weighted by Crippen LogP contribution is -2.44. The van der Waals surface area contributed by atoms with E-state index in [0.717, 1.165) is 37.6 Å². The number of carbonyl (C=O) groups excluding carboxylic acids is 2. The maximum atomic E-state index is 12.7. The van der Waals surface area contributed by atoms with E-state index in [1.165, 1.54) is 5.01 Å². The van der Waals surface area contributed by atoms with Crippen LogP contribution in [0.15, 0.2) is 59.7 Å². The van der Waals surface area contributed by atoms with Crippen LogP contribution in [0.3, 0.4) is 0 Å². The average molecular weight is 406 g/mol. The molecule has 0 aliphatic carbocycles. The molecular weight excluding hydrogens is 380 g/mol. The molecule has 0 spiro atoms. The lowest BCUT2D eigenvalue weighted by Gasteiger charge is -2.34. The van der Waals surface area contributed by atoms with Crippen molar-refractivity contribution in [1.82, 2.24) is 4.90 Å². The Balaban J connectivity index is 1.44. The second kappa shape index (κ2) is 8.54. The Kier molecular flexibility index (Phi) is 5.67. The molecule has 2 aliphatic rings. The molecule has 0 radical (unpaired) electrons.